The van der Waals surface area contributed by atoms with Gasteiger partial charge in [0, 0.05) is 11.1 Å². The molecule has 0 unspecified atom stereocenters. The van der Waals surface area contributed by atoms with Crippen molar-refractivity contribution in [2.24, 2.45) is 5.92 Å². The normalized spacial score (nSPS) is 24.4. The van der Waals surface area contributed by atoms with Crippen molar-refractivity contribution in [1.29, 1.82) is 0 Å². The number of halogens is 1. The number of benzene rings is 1. The predicted molar refractivity (Wildman–Crippen MR) is 77.9 cm³/mol. The number of sulfonamides is 1. The lowest BCUT2D eigenvalue weighted by Gasteiger charge is -2.29. The second kappa shape index (κ2) is 5.81. The monoisotopic (exact) mass is 301 g/mol. The van der Waals surface area contributed by atoms with Crippen LogP contribution in [0.25, 0.3) is 0 Å². The molecule has 1 aromatic carbocycles. The van der Waals surface area contributed by atoms with Gasteiger partial charge < -0.3 is 0 Å². The van der Waals surface area contributed by atoms with E-state index in [4.69, 9.17) is 11.6 Å². The summed E-state index contributed by atoms with van der Waals surface area (Å²) in [6, 6.07) is 4.87. The summed E-state index contributed by atoms with van der Waals surface area (Å²) in [6.07, 6.45) is 4.30. The Morgan fingerprint density at radius 1 is 1.26 bits per heavy atom. The number of hydrogen-bond acceptors (Lipinski definition) is 2. The van der Waals surface area contributed by atoms with Gasteiger partial charge in [0.05, 0.1) is 4.90 Å². The van der Waals surface area contributed by atoms with E-state index in [9.17, 15) is 8.42 Å². The van der Waals surface area contributed by atoms with Crippen LogP contribution in [0.2, 0.25) is 5.02 Å². The molecule has 0 heterocycles. The fraction of sp³-hybridized carbons (Fsp3) is 0.571. The zero-order valence-corrected chi connectivity index (χ0v) is 12.9. The first-order chi connectivity index (χ1) is 8.90. The molecule has 5 heteroatoms. The van der Waals surface area contributed by atoms with Crippen LogP contribution in [0.3, 0.4) is 0 Å². The molecular formula is C14H20ClNO2S. The Kier molecular flexibility index (Phi) is 4.54. The largest absolute Gasteiger partial charge is 0.240 e. The molecule has 1 saturated carbocycles. The third-order valence-electron chi connectivity index (χ3n) is 3.86. The molecule has 1 aromatic rings. The molecule has 0 bridgehead atoms. The summed E-state index contributed by atoms with van der Waals surface area (Å²) in [7, 11) is -3.44. The highest BCUT2D eigenvalue weighted by molar-refractivity contribution is 7.89. The van der Waals surface area contributed by atoms with E-state index in [1.807, 2.05) is 6.92 Å². The topological polar surface area (TPSA) is 46.2 Å². The second-order valence-corrected chi connectivity index (χ2v) is 7.52. The Morgan fingerprint density at radius 2 is 1.95 bits per heavy atom. The quantitative estimate of drug-likeness (QED) is 0.928. The molecule has 0 aromatic heterocycles. The Morgan fingerprint density at radius 3 is 2.58 bits per heavy atom. The van der Waals surface area contributed by atoms with Crippen molar-refractivity contribution in [3.05, 3.63) is 28.8 Å². The smallest absolute Gasteiger partial charge is 0.208 e. The van der Waals surface area contributed by atoms with Crippen molar-refractivity contribution in [1.82, 2.24) is 4.72 Å². The minimum atomic E-state index is -3.44. The van der Waals surface area contributed by atoms with Crippen molar-refractivity contribution in [3.63, 3.8) is 0 Å². The fourth-order valence-electron chi connectivity index (χ4n) is 2.54. The fourth-order valence-corrected chi connectivity index (χ4v) is 4.12. The maximum Gasteiger partial charge on any atom is 0.240 e. The molecular weight excluding hydrogens is 282 g/mol. The van der Waals surface area contributed by atoms with E-state index >= 15 is 0 Å². The first kappa shape index (κ1) is 14.8. The second-order valence-electron chi connectivity index (χ2n) is 5.40. The molecule has 0 spiro atoms. The number of hydrogen-bond donors (Lipinski definition) is 1. The molecule has 1 N–H and O–H groups in total. The SMILES string of the molecule is Cc1cc(S(=O)(=O)N[C@@H]2CCCC[C@H]2C)ccc1Cl. The highest BCUT2D eigenvalue weighted by Crippen LogP contribution is 2.26. The summed E-state index contributed by atoms with van der Waals surface area (Å²) in [5.74, 6) is 0.400. The van der Waals surface area contributed by atoms with E-state index < -0.39 is 10.0 Å². The lowest BCUT2D eigenvalue weighted by atomic mass is 9.87. The molecule has 0 radical (unpaired) electrons. The number of aryl methyl sites for hydroxylation is 1. The molecule has 0 amide bonds. The molecule has 1 aliphatic carbocycles. The van der Waals surface area contributed by atoms with Crippen LogP contribution in [-0.2, 0) is 10.0 Å². The third kappa shape index (κ3) is 3.50. The van der Waals surface area contributed by atoms with Crippen LogP contribution >= 0.6 is 11.6 Å². The molecule has 1 fully saturated rings. The van der Waals surface area contributed by atoms with Crippen LogP contribution in [0.4, 0.5) is 0 Å². The molecule has 1 aliphatic rings. The van der Waals surface area contributed by atoms with Crippen LogP contribution in [0.1, 0.15) is 38.2 Å². The van der Waals surface area contributed by atoms with Gasteiger partial charge in [0.15, 0.2) is 0 Å². The summed E-state index contributed by atoms with van der Waals surface area (Å²) in [4.78, 5) is 0.298. The van der Waals surface area contributed by atoms with Crippen LogP contribution < -0.4 is 4.72 Å². The van der Waals surface area contributed by atoms with E-state index in [1.54, 1.807) is 18.2 Å². The van der Waals surface area contributed by atoms with Crippen LogP contribution in [0, 0.1) is 12.8 Å². The summed E-state index contributed by atoms with van der Waals surface area (Å²) >= 11 is 5.93. The van der Waals surface area contributed by atoms with Crippen molar-refractivity contribution in [2.75, 3.05) is 0 Å². The molecule has 19 heavy (non-hydrogen) atoms. The van der Waals surface area contributed by atoms with Crippen LogP contribution in [0.15, 0.2) is 23.1 Å². The maximum atomic E-state index is 12.4. The minimum Gasteiger partial charge on any atom is -0.208 e. The van der Waals surface area contributed by atoms with Gasteiger partial charge in [-0.1, -0.05) is 31.4 Å². The molecule has 2 rings (SSSR count). The van der Waals surface area contributed by atoms with E-state index in [1.165, 1.54) is 6.42 Å². The van der Waals surface area contributed by atoms with Gasteiger partial charge in [-0.25, -0.2) is 13.1 Å². The van der Waals surface area contributed by atoms with Gasteiger partial charge >= 0.3 is 0 Å². The Hall–Kier alpha value is -0.580. The van der Waals surface area contributed by atoms with Gasteiger partial charge in [-0.2, -0.15) is 0 Å². The molecule has 106 valence electrons. The lowest BCUT2D eigenvalue weighted by molar-refractivity contribution is 0.310. The first-order valence-corrected chi connectivity index (χ1v) is 8.55. The highest BCUT2D eigenvalue weighted by atomic mass is 35.5. The Labute approximate surface area is 120 Å². The van der Waals surface area contributed by atoms with Gasteiger partial charge in [0.2, 0.25) is 10.0 Å². The van der Waals surface area contributed by atoms with Crippen molar-refractivity contribution < 1.29 is 8.42 Å². The highest BCUT2D eigenvalue weighted by Gasteiger charge is 2.26. The summed E-state index contributed by atoms with van der Waals surface area (Å²) < 4.78 is 27.5. The first-order valence-electron chi connectivity index (χ1n) is 6.68. The van der Waals surface area contributed by atoms with E-state index in [0.29, 0.717) is 15.8 Å². The lowest BCUT2D eigenvalue weighted by Crippen LogP contribution is -2.40. The summed E-state index contributed by atoms with van der Waals surface area (Å²) in [5.41, 5.74) is 0.779. The van der Waals surface area contributed by atoms with Crippen LogP contribution in [-0.4, -0.2) is 14.5 Å². The van der Waals surface area contributed by atoms with Crippen molar-refractivity contribution >= 4 is 21.6 Å². The molecule has 2 atom stereocenters. The molecule has 0 aliphatic heterocycles. The van der Waals surface area contributed by atoms with E-state index in [0.717, 1.165) is 24.8 Å². The summed E-state index contributed by atoms with van der Waals surface area (Å²) in [6.45, 7) is 3.92. The molecule has 3 nitrogen and oxygen atoms in total. The number of nitrogens with one attached hydrogen (secondary N) is 1. The van der Waals surface area contributed by atoms with E-state index in [-0.39, 0.29) is 6.04 Å². The van der Waals surface area contributed by atoms with Crippen molar-refractivity contribution in [2.45, 2.75) is 50.5 Å². The Balaban J connectivity index is 2.19. The summed E-state index contributed by atoms with van der Waals surface area (Å²) in [5, 5.41) is 0.588. The standard InChI is InChI=1S/C14H20ClNO2S/c1-10-5-3-4-6-14(10)16-19(17,18)12-7-8-13(15)11(2)9-12/h7-10,14,16H,3-6H2,1-2H3/t10-,14-/m1/s1. The van der Waals surface area contributed by atoms with Gasteiger partial charge in [-0.05, 0) is 49.4 Å². The maximum absolute atomic E-state index is 12.4. The minimum absolute atomic E-state index is 0.0507. The number of rotatable bonds is 3. The van der Waals surface area contributed by atoms with E-state index in [2.05, 4.69) is 11.6 Å². The van der Waals surface area contributed by atoms with Gasteiger partial charge in [-0.3, -0.25) is 0 Å². The zero-order chi connectivity index (χ0) is 14.0. The Bertz CT molecular complexity index is 557. The molecule has 0 saturated heterocycles. The average Bonchev–Trinajstić information content (AvgIpc) is 2.35. The zero-order valence-electron chi connectivity index (χ0n) is 11.3. The van der Waals surface area contributed by atoms with Crippen LogP contribution in [0.5, 0.6) is 0 Å². The van der Waals surface area contributed by atoms with Crippen molar-refractivity contribution in [3.8, 4) is 0 Å². The van der Waals surface area contributed by atoms with Gasteiger partial charge in [-0.15, -0.1) is 0 Å². The average molecular weight is 302 g/mol. The van der Waals surface area contributed by atoms with Gasteiger partial charge in [0.1, 0.15) is 0 Å². The third-order valence-corrected chi connectivity index (χ3v) is 5.77. The predicted octanol–water partition coefficient (Wildman–Crippen LogP) is 3.51. The van der Waals surface area contributed by atoms with Gasteiger partial charge in [0.25, 0.3) is 0 Å².